The minimum atomic E-state index is -4.23. The van der Waals surface area contributed by atoms with Gasteiger partial charge < -0.3 is 0 Å². The molecule has 1 aromatic carbocycles. The largest absolute Gasteiger partial charge is 0.416 e. The molecule has 1 aromatic rings. The van der Waals surface area contributed by atoms with Crippen molar-refractivity contribution in [1.29, 1.82) is 0 Å². The van der Waals surface area contributed by atoms with E-state index in [2.05, 4.69) is 12.2 Å². The average Bonchev–Trinajstić information content (AvgIpc) is 2.91. The SMILES string of the molecule is FC(F)(F)c1ccc(CCC/C=C/C2CCCC2)cc1. The van der Waals surface area contributed by atoms with E-state index in [1.807, 2.05) is 0 Å². The number of unbranched alkanes of at least 4 members (excludes halogenated alkanes) is 1. The van der Waals surface area contributed by atoms with Gasteiger partial charge in [-0.15, -0.1) is 0 Å². The molecule has 1 aliphatic rings. The summed E-state index contributed by atoms with van der Waals surface area (Å²) in [6, 6.07) is 5.51. The molecule has 20 heavy (non-hydrogen) atoms. The molecule has 0 spiro atoms. The van der Waals surface area contributed by atoms with Gasteiger partial charge >= 0.3 is 6.18 Å². The quantitative estimate of drug-likeness (QED) is 0.474. The van der Waals surface area contributed by atoms with Crippen molar-refractivity contribution in [2.75, 3.05) is 0 Å². The fraction of sp³-hybridized carbons (Fsp3) is 0.529. The summed E-state index contributed by atoms with van der Waals surface area (Å²) >= 11 is 0. The first-order valence-corrected chi connectivity index (χ1v) is 7.38. The van der Waals surface area contributed by atoms with E-state index in [0.717, 1.165) is 30.7 Å². The minimum absolute atomic E-state index is 0.567. The van der Waals surface area contributed by atoms with E-state index in [1.165, 1.54) is 37.8 Å². The van der Waals surface area contributed by atoms with Crippen molar-refractivity contribution in [3.63, 3.8) is 0 Å². The Labute approximate surface area is 118 Å². The molecular formula is C17H21F3. The summed E-state index contributed by atoms with van der Waals surface area (Å²) in [4.78, 5) is 0. The van der Waals surface area contributed by atoms with Crippen molar-refractivity contribution in [2.45, 2.75) is 51.1 Å². The average molecular weight is 282 g/mol. The predicted molar refractivity (Wildman–Crippen MR) is 75.5 cm³/mol. The van der Waals surface area contributed by atoms with E-state index < -0.39 is 11.7 Å². The lowest BCUT2D eigenvalue weighted by molar-refractivity contribution is -0.137. The van der Waals surface area contributed by atoms with Crippen LogP contribution in [0.2, 0.25) is 0 Å². The lowest BCUT2D eigenvalue weighted by Gasteiger charge is -2.07. The molecule has 110 valence electrons. The first-order valence-electron chi connectivity index (χ1n) is 7.38. The zero-order valence-corrected chi connectivity index (χ0v) is 11.6. The van der Waals surface area contributed by atoms with Crippen LogP contribution >= 0.6 is 0 Å². The van der Waals surface area contributed by atoms with Crippen LogP contribution in [0.1, 0.15) is 49.7 Å². The third-order valence-corrected chi connectivity index (χ3v) is 3.93. The van der Waals surface area contributed by atoms with Crippen LogP contribution in [0.5, 0.6) is 0 Å². The number of allylic oxidation sites excluding steroid dienone is 2. The molecule has 0 saturated heterocycles. The maximum absolute atomic E-state index is 12.4. The summed E-state index contributed by atoms with van der Waals surface area (Å²) in [6.07, 6.45) is 8.49. The molecule has 1 aliphatic carbocycles. The minimum Gasteiger partial charge on any atom is -0.166 e. The fourth-order valence-corrected chi connectivity index (χ4v) is 2.72. The molecule has 3 heteroatoms. The maximum atomic E-state index is 12.4. The van der Waals surface area contributed by atoms with Gasteiger partial charge in [0.15, 0.2) is 0 Å². The molecule has 0 amide bonds. The van der Waals surface area contributed by atoms with Crippen molar-refractivity contribution < 1.29 is 13.2 Å². The molecular weight excluding hydrogens is 261 g/mol. The molecule has 0 unspecified atom stereocenters. The third-order valence-electron chi connectivity index (χ3n) is 3.93. The van der Waals surface area contributed by atoms with E-state index in [4.69, 9.17) is 0 Å². The van der Waals surface area contributed by atoms with Crippen molar-refractivity contribution in [3.05, 3.63) is 47.5 Å². The normalized spacial score (nSPS) is 17.1. The van der Waals surface area contributed by atoms with Crippen LogP contribution in [0.4, 0.5) is 13.2 Å². The first-order chi connectivity index (χ1) is 9.55. The second kappa shape index (κ2) is 6.96. The van der Waals surface area contributed by atoms with Gasteiger partial charge in [-0.2, -0.15) is 13.2 Å². The molecule has 0 aliphatic heterocycles. The van der Waals surface area contributed by atoms with Crippen LogP contribution in [-0.2, 0) is 12.6 Å². The number of benzene rings is 1. The number of rotatable bonds is 5. The highest BCUT2D eigenvalue weighted by Gasteiger charge is 2.29. The molecule has 1 saturated carbocycles. The monoisotopic (exact) mass is 282 g/mol. The number of hydrogen-bond donors (Lipinski definition) is 0. The topological polar surface area (TPSA) is 0 Å². The molecule has 0 radical (unpaired) electrons. The van der Waals surface area contributed by atoms with Gasteiger partial charge in [0.25, 0.3) is 0 Å². The van der Waals surface area contributed by atoms with Gasteiger partial charge in [-0.3, -0.25) is 0 Å². The molecule has 0 N–H and O–H groups in total. The summed E-state index contributed by atoms with van der Waals surface area (Å²) < 4.78 is 37.2. The van der Waals surface area contributed by atoms with E-state index in [9.17, 15) is 13.2 Å². The summed E-state index contributed by atoms with van der Waals surface area (Å²) in [7, 11) is 0. The van der Waals surface area contributed by atoms with Gasteiger partial charge in [-0.25, -0.2) is 0 Å². The van der Waals surface area contributed by atoms with E-state index in [1.54, 1.807) is 12.1 Å². The van der Waals surface area contributed by atoms with Gasteiger partial charge in [0.05, 0.1) is 5.56 Å². The Morgan fingerprint density at radius 2 is 1.70 bits per heavy atom. The van der Waals surface area contributed by atoms with Crippen molar-refractivity contribution in [3.8, 4) is 0 Å². The highest BCUT2D eigenvalue weighted by atomic mass is 19.4. The zero-order chi connectivity index (χ0) is 14.4. The molecule has 2 rings (SSSR count). The number of alkyl halides is 3. The lowest BCUT2D eigenvalue weighted by Crippen LogP contribution is -2.04. The molecule has 0 bridgehead atoms. The fourth-order valence-electron chi connectivity index (χ4n) is 2.72. The van der Waals surface area contributed by atoms with Crippen LogP contribution in [-0.4, -0.2) is 0 Å². The highest BCUT2D eigenvalue weighted by Crippen LogP contribution is 2.29. The second-order valence-electron chi connectivity index (χ2n) is 5.56. The van der Waals surface area contributed by atoms with Crippen LogP contribution in [0.15, 0.2) is 36.4 Å². The highest BCUT2D eigenvalue weighted by molar-refractivity contribution is 5.24. The van der Waals surface area contributed by atoms with Gasteiger partial charge in [0, 0.05) is 0 Å². The summed E-state index contributed by atoms with van der Waals surface area (Å²) in [5.41, 5.74) is 0.412. The number of halogens is 3. The second-order valence-corrected chi connectivity index (χ2v) is 5.56. The standard InChI is InChI=1S/C17H21F3/c18-17(19,20)16-12-10-15(11-13-16)7-3-1-2-6-14-8-4-5-9-14/h2,6,10-14H,1,3-5,7-9H2/b6-2+. The van der Waals surface area contributed by atoms with Crippen LogP contribution < -0.4 is 0 Å². The van der Waals surface area contributed by atoms with Gasteiger partial charge in [-0.05, 0) is 55.7 Å². The summed E-state index contributed by atoms with van der Waals surface area (Å²) in [6.45, 7) is 0. The van der Waals surface area contributed by atoms with Gasteiger partial charge in [0.1, 0.15) is 0 Å². The smallest absolute Gasteiger partial charge is 0.166 e. The summed E-state index contributed by atoms with van der Waals surface area (Å²) in [5, 5.41) is 0. The Hall–Kier alpha value is -1.25. The van der Waals surface area contributed by atoms with Crippen LogP contribution in [0.3, 0.4) is 0 Å². The molecule has 0 heterocycles. The molecule has 0 nitrogen and oxygen atoms in total. The van der Waals surface area contributed by atoms with Crippen molar-refractivity contribution in [2.24, 2.45) is 5.92 Å². The van der Waals surface area contributed by atoms with Crippen LogP contribution in [0, 0.1) is 5.92 Å². The Morgan fingerprint density at radius 1 is 1.05 bits per heavy atom. The summed E-state index contributed by atoms with van der Waals surface area (Å²) in [5.74, 6) is 0.765. The Bertz CT molecular complexity index is 423. The number of hydrogen-bond acceptors (Lipinski definition) is 0. The third kappa shape index (κ3) is 4.69. The zero-order valence-electron chi connectivity index (χ0n) is 11.6. The predicted octanol–water partition coefficient (Wildman–Crippen LogP) is 5.77. The Balaban J connectivity index is 1.71. The van der Waals surface area contributed by atoms with Gasteiger partial charge in [-0.1, -0.05) is 37.1 Å². The number of aryl methyl sites for hydroxylation is 1. The van der Waals surface area contributed by atoms with E-state index in [0.29, 0.717) is 0 Å². The molecule has 0 aromatic heterocycles. The maximum Gasteiger partial charge on any atom is 0.416 e. The molecule has 0 atom stereocenters. The van der Waals surface area contributed by atoms with Crippen molar-refractivity contribution in [1.82, 2.24) is 0 Å². The van der Waals surface area contributed by atoms with Gasteiger partial charge in [0.2, 0.25) is 0 Å². The lowest BCUT2D eigenvalue weighted by atomic mass is 10.0. The Morgan fingerprint density at radius 3 is 2.30 bits per heavy atom. The molecule has 1 fully saturated rings. The van der Waals surface area contributed by atoms with Crippen LogP contribution in [0.25, 0.3) is 0 Å². The Kier molecular flexibility index (Phi) is 5.27. The van der Waals surface area contributed by atoms with Crippen molar-refractivity contribution >= 4 is 0 Å². The van der Waals surface area contributed by atoms with E-state index >= 15 is 0 Å². The first kappa shape index (κ1) is 15.1. The van der Waals surface area contributed by atoms with E-state index in [-0.39, 0.29) is 0 Å².